The van der Waals surface area contributed by atoms with Crippen LogP contribution in [0.15, 0.2) is 34.4 Å². The topological polar surface area (TPSA) is 50.7 Å². The number of hydrogen-bond donors (Lipinski definition) is 1. The zero-order valence-corrected chi connectivity index (χ0v) is 13.1. The summed E-state index contributed by atoms with van der Waals surface area (Å²) < 4.78 is 0. The molecular weight excluding hydrogens is 292 g/mol. The first-order valence-electron chi connectivity index (χ1n) is 6.62. The summed E-state index contributed by atoms with van der Waals surface area (Å²) >= 11 is 7.35. The van der Waals surface area contributed by atoms with Gasteiger partial charge in [-0.1, -0.05) is 25.4 Å². The lowest BCUT2D eigenvalue weighted by Gasteiger charge is -2.08. The van der Waals surface area contributed by atoms with Gasteiger partial charge in [0.1, 0.15) is 21.7 Å². The molecule has 0 radical (unpaired) electrons. The summed E-state index contributed by atoms with van der Waals surface area (Å²) in [5, 5.41) is 5.70. The molecule has 2 rings (SSSR count). The van der Waals surface area contributed by atoms with E-state index in [2.05, 4.69) is 27.2 Å². The fourth-order valence-corrected chi connectivity index (χ4v) is 2.45. The maximum atomic E-state index is 5.84. The van der Waals surface area contributed by atoms with E-state index < -0.39 is 0 Å². The number of aryl methyl sites for hydroxylation is 1. The summed E-state index contributed by atoms with van der Waals surface area (Å²) in [4.78, 5) is 13.3. The number of aromatic nitrogens is 3. The van der Waals surface area contributed by atoms with Crippen LogP contribution >= 0.6 is 23.4 Å². The van der Waals surface area contributed by atoms with Crippen LogP contribution in [0, 0.1) is 0 Å². The van der Waals surface area contributed by atoms with Crippen molar-refractivity contribution in [2.45, 2.75) is 36.7 Å². The van der Waals surface area contributed by atoms with Crippen molar-refractivity contribution in [3.8, 4) is 0 Å². The van der Waals surface area contributed by atoms with Crippen LogP contribution in [0.1, 0.15) is 26.1 Å². The number of nitrogens with one attached hydrogen (secondary N) is 1. The molecule has 0 fully saturated rings. The molecule has 0 aliphatic rings. The van der Waals surface area contributed by atoms with Gasteiger partial charge in [-0.05, 0) is 30.3 Å². The third-order valence-corrected chi connectivity index (χ3v) is 3.62. The first-order chi connectivity index (χ1) is 9.71. The highest BCUT2D eigenvalue weighted by atomic mass is 35.5. The Morgan fingerprint density at radius 3 is 2.70 bits per heavy atom. The molecule has 0 aromatic carbocycles. The van der Waals surface area contributed by atoms with Crippen LogP contribution in [-0.2, 0) is 6.42 Å². The van der Waals surface area contributed by atoms with Crippen molar-refractivity contribution in [2.75, 3.05) is 11.9 Å². The van der Waals surface area contributed by atoms with E-state index in [4.69, 9.17) is 11.6 Å². The number of anilines is 1. The van der Waals surface area contributed by atoms with E-state index in [0.29, 0.717) is 5.02 Å². The molecule has 4 nitrogen and oxygen atoms in total. The molecule has 0 spiro atoms. The minimum absolute atomic E-state index is 0.636. The molecule has 2 heterocycles. The van der Waals surface area contributed by atoms with E-state index in [9.17, 15) is 0 Å². The lowest BCUT2D eigenvalue weighted by atomic mass is 10.4. The second-order valence-corrected chi connectivity index (χ2v) is 5.68. The van der Waals surface area contributed by atoms with Crippen molar-refractivity contribution in [1.29, 1.82) is 0 Å². The Balaban J connectivity index is 2.19. The van der Waals surface area contributed by atoms with Gasteiger partial charge in [0.05, 0.1) is 5.02 Å². The molecule has 2 aromatic rings. The molecule has 6 heteroatoms. The highest BCUT2D eigenvalue weighted by Crippen LogP contribution is 2.26. The number of pyridine rings is 1. The Morgan fingerprint density at radius 2 is 2.05 bits per heavy atom. The molecule has 0 amide bonds. The highest BCUT2D eigenvalue weighted by Gasteiger charge is 2.06. The van der Waals surface area contributed by atoms with E-state index in [0.717, 1.165) is 41.1 Å². The Bertz CT molecular complexity index is 560. The van der Waals surface area contributed by atoms with Crippen molar-refractivity contribution in [3.63, 3.8) is 0 Å². The van der Waals surface area contributed by atoms with Gasteiger partial charge in [-0.2, -0.15) is 0 Å². The summed E-state index contributed by atoms with van der Waals surface area (Å²) in [5.74, 6) is 1.71. The van der Waals surface area contributed by atoms with Crippen LogP contribution in [0.5, 0.6) is 0 Å². The molecule has 20 heavy (non-hydrogen) atoms. The van der Waals surface area contributed by atoms with Crippen LogP contribution in [0.4, 0.5) is 5.82 Å². The summed E-state index contributed by atoms with van der Waals surface area (Å²) in [6, 6.07) is 5.67. The fourth-order valence-electron chi connectivity index (χ4n) is 1.56. The minimum atomic E-state index is 0.636. The zero-order valence-electron chi connectivity index (χ0n) is 11.6. The first-order valence-corrected chi connectivity index (χ1v) is 7.82. The van der Waals surface area contributed by atoms with Gasteiger partial charge in [-0.15, -0.1) is 0 Å². The second kappa shape index (κ2) is 7.45. The van der Waals surface area contributed by atoms with Crippen molar-refractivity contribution < 1.29 is 0 Å². The Labute approximate surface area is 128 Å². The Kier molecular flexibility index (Phi) is 5.61. The number of hydrogen-bond acceptors (Lipinski definition) is 5. The summed E-state index contributed by atoms with van der Waals surface area (Å²) in [6.07, 6.45) is 3.51. The number of nitrogens with zero attached hydrogens (tertiary/aromatic N) is 3. The minimum Gasteiger partial charge on any atom is -0.370 e. The molecule has 106 valence electrons. The van der Waals surface area contributed by atoms with Gasteiger partial charge < -0.3 is 5.32 Å². The van der Waals surface area contributed by atoms with Gasteiger partial charge in [-0.25, -0.2) is 15.0 Å². The van der Waals surface area contributed by atoms with Gasteiger partial charge in [-0.3, -0.25) is 0 Å². The average molecular weight is 309 g/mol. The van der Waals surface area contributed by atoms with Gasteiger partial charge in [0.25, 0.3) is 0 Å². The van der Waals surface area contributed by atoms with Crippen LogP contribution in [-0.4, -0.2) is 21.5 Å². The second-order valence-electron chi connectivity index (χ2n) is 4.20. The average Bonchev–Trinajstić information content (AvgIpc) is 2.47. The fraction of sp³-hybridized carbons (Fsp3) is 0.357. The van der Waals surface area contributed by atoms with Crippen LogP contribution in [0.25, 0.3) is 0 Å². The molecule has 0 unspecified atom stereocenters. The maximum Gasteiger partial charge on any atom is 0.131 e. The largest absolute Gasteiger partial charge is 0.370 e. The van der Waals surface area contributed by atoms with Crippen molar-refractivity contribution >= 4 is 29.2 Å². The first kappa shape index (κ1) is 15.1. The van der Waals surface area contributed by atoms with Crippen molar-refractivity contribution in [3.05, 3.63) is 35.2 Å². The predicted molar refractivity (Wildman–Crippen MR) is 83.6 cm³/mol. The van der Waals surface area contributed by atoms with Gasteiger partial charge in [0.15, 0.2) is 0 Å². The van der Waals surface area contributed by atoms with E-state index in [1.165, 1.54) is 11.8 Å². The summed E-state index contributed by atoms with van der Waals surface area (Å²) in [7, 11) is 0. The predicted octanol–water partition coefficient (Wildman–Crippen LogP) is 4.06. The lowest BCUT2D eigenvalue weighted by molar-refractivity contribution is 0.876. The molecule has 0 aliphatic carbocycles. The van der Waals surface area contributed by atoms with Crippen molar-refractivity contribution in [2.24, 2.45) is 0 Å². The Hall–Kier alpha value is -1.33. The molecule has 0 saturated carbocycles. The molecule has 2 aromatic heterocycles. The lowest BCUT2D eigenvalue weighted by Crippen LogP contribution is -2.05. The monoisotopic (exact) mass is 308 g/mol. The summed E-state index contributed by atoms with van der Waals surface area (Å²) in [5.41, 5.74) is 0. The van der Waals surface area contributed by atoms with Crippen molar-refractivity contribution in [1.82, 2.24) is 15.0 Å². The highest BCUT2D eigenvalue weighted by molar-refractivity contribution is 7.99. The van der Waals surface area contributed by atoms with Crippen LogP contribution < -0.4 is 5.32 Å². The maximum absolute atomic E-state index is 5.84. The van der Waals surface area contributed by atoms with Crippen LogP contribution in [0.3, 0.4) is 0 Å². The quantitative estimate of drug-likeness (QED) is 0.816. The van der Waals surface area contributed by atoms with E-state index >= 15 is 0 Å². The molecule has 0 atom stereocenters. The number of halogens is 1. The van der Waals surface area contributed by atoms with E-state index in [1.54, 1.807) is 6.20 Å². The Morgan fingerprint density at radius 1 is 1.20 bits per heavy atom. The molecule has 0 saturated heterocycles. The molecule has 0 aliphatic heterocycles. The normalized spacial score (nSPS) is 10.6. The SMILES string of the molecule is CCCNc1cc(Sc2ccc(Cl)cn2)nc(CC)n1. The third kappa shape index (κ3) is 4.35. The standard InChI is InChI=1S/C14H17ClN4S/c1-3-7-16-12-8-14(19-11(4-2)18-12)20-13-6-5-10(15)9-17-13/h5-6,8-9H,3-4,7H2,1-2H3,(H,16,18,19). The number of rotatable bonds is 6. The molecule has 1 N–H and O–H groups in total. The van der Waals surface area contributed by atoms with Gasteiger partial charge in [0.2, 0.25) is 0 Å². The van der Waals surface area contributed by atoms with E-state index in [-0.39, 0.29) is 0 Å². The van der Waals surface area contributed by atoms with Crippen LogP contribution in [0.2, 0.25) is 5.02 Å². The van der Waals surface area contributed by atoms with Gasteiger partial charge in [0, 0.05) is 25.2 Å². The third-order valence-electron chi connectivity index (χ3n) is 2.53. The smallest absolute Gasteiger partial charge is 0.131 e. The molecular formula is C14H17ClN4S. The zero-order chi connectivity index (χ0) is 14.4. The summed E-state index contributed by atoms with van der Waals surface area (Å²) in [6.45, 7) is 5.08. The van der Waals surface area contributed by atoms with Gasteiger partial charge >= 0.3 is 0 Å². The molecule has 0 bridgehead atoms. The van der Waals surface area contributed by atoms with E-state index in [1.807, 2.05) is 25.1 Å².